The molecule has 0 bridgehead atoms. The lowest BCUT2D eigenvalue weighted by Gasteiger charge is -2.15. The molecule has 0 saturated heterocycles. The van der Waals surface area contributed by atoms with Crippen molar-refractivity contribution < 1.29 is 9.21 Å². The average Bonchev–Trinajstić information content (AvgIpc) is 3.13. The summed E-state index contributed by atoms with van der Waals surface area (Å²) in [6, 6.07) is 17.3. The molecule has 168 valence electrons. The molecule has 2 aromatic carbocycles. The number of hydrogen-bond donors (Lipinski definition) is 1. The Hall–Kier alpha value is -3.08. The summed E-state index contributed by atoms with van der Waals surface area (Å²) in [5, 5.41) is 5.45. The van der Waals surface area contributed by atoms with Gasteiger partial charge in [0.05, 0.1) is 16.8 Å². The Kier molecular flexibility index (Phi) is 6.59. The van der Waals surface area contributed by atoms with Crippen molar-refractivity contribution in [1.29, 1.82) is 0 Å². The number of benzene rings is 2. The molecule has 0 saturated carbocycles. The van der Waals surface area contributed by atoms with Gasteiger partial charge in [0.2, 0.25) is 5.71 Å². The van der Waals surface area contributed by atoms with Gasteiger partial charge in [0.1, 0.15) is 12.0 Å². The lowest BCUT2D eigenvalue weighted by Crippen LogP contribution is -2.17. The molecular weight excluding hydrogens is 455 g/mol. The molecule has 2 heterocycles. The number of aldehydes is 1. The second-order valence-corrected chi connectivity index (χ2v) is 9.42. The van der Waals surface area contributed by atoms with E-state index in [1.807, 2.05) is 62.4 Å². The summed E-state index contributed by atoms with van der Waals surface area (Å²) in [4.78, 5) is 16.5. The number of hydrogen-bond acceptors (Lipinski definition) is 4. The molecule has 4 rings (SSSR count). The fourth-order valence-corrected chi connectivity index (χ4v) is 4.08. The standard InChI is InChI=1S/C27H24Cl2N2O2/c1-4-13-30-25-21-14-20(17-9-11-18(28)12-10-17)24(19-7-5-6-8-22(19)29)31-26(21)33-23(25)15-27(2,3)16-32/h4-12,14,16,30H,1,13,15H2,2-3H3. The first-order valence-corrected chi connectivity index (χ1v) is 11.4. The molecule has 0 radical (unpaired) electrons. The van der Waals surface area contributed by atoms with Crippen molar-refractivity contribution in [3.05, 3.63) is 83.1 Å². The number of fused-ring (bicyclic) bond motifs is 1. The number of halogens is 2. The monoisotopic (exact) mass is 478 g/mol. The number of nitrogens with zero attached hydrogens (tertiary/aromatic N) is 1. The third-order valence-corrected chi connectivity index (χ3v) is 5.98. The molecule has 2 aromatic heterocycles. The van der Waals surface area contributed by atoms with Crippen LogP contribution in [0.3, 0.4) is 0 Å². The predicted octanol–water partition coefficient (Wildman–Crippen LogP) is 7.83. The summed E-state index contributed by atoms with van der Waals surface area (Å²) in [7, 11) is 0. The fraction of sp³-hybridized carbons (Fsp3) is 0.185. The highest BCUT2D eigenvalue weighted by Gasteiger charge is 2.26. The third-order valence-electron chi connectivity index (χ3n) is 5.40. The van der Waals surface area contributed by atoms with Crippen LogP contribution in [0.25, 0.3) is 33.5 Å². The predicted molar refractivity (Wildman–Crippen MR) is 137 cm³/mol. The van der Waals surface area contributed by atoms with E-state index in [0.717, 1.165) is 34.1 Å². The number of carbonyl (C=O) groups excluding carboxylic acids is 1. The molecule has 0 fully saturated rings. The zero-order valence-corrected chi connectivity index (χ0v) is 20.0. The lowest BCUT2D eigenvalue weighted by molar-refractivity contribution is -0.114. The smallest absolute Gasteiger partial charge is 0.229 e. The molecule has 4 nitrogen and oxygen atoms in total. The minimum Gasteiger partial charge on any atom is -0.440 e. The van der Waals surface area contributed by atoms with Crippen molar-refractivity contribution in [1.82, 2.24) is 4.98 Å². The van der Waals surface area contributed by atoms with E-state index < -0.39 is 5.41 Å². The number of aromatic nitrogens is 1. The lowest BCUT2D eigenvalue weighted by atomic mass is 9.89. The summed E-state index contributed by atoms with van der Waals surface area (Å²) < 4.78 is 6.21. The largest absolute Gasteiger partial charge is 0.440 e. The van der Waals surface area contributed by atoms with E-state index >= 15 is 0 Å². The maximum Gasteiger partial charge on any atom is 0.229 e. The number of rotatable bonds is 8. The second kappa shape index (κ2) is 9.42. The Balaban J connectivity index is 2.01. The van der Waals surface area contributed by atoms with Crippen molar-refractivity contribution in [3.63, 3.8) is 0 Å². The molecule has 0 unspecified atom stereocenters. The summed E-state index contributed by atoms with van der Waals surface area (Å²) in [5.74, 6) is 0.676. The summed E-state index contributed by atoms with van der Waals surface area (Å²) in [5.41, 5.74) is 4.08. The average molecular weight is 479 g/mol. The number of nitrogens with one attached hydrogen (secondary N) is 1. The molecule has 33 heavy (non-hydrogen) atoms. The van der Waals surface area contributed by atoms with Gasteiger partial charge in [-0.3, -0.25) is 0 Å². The van der Waals surface area contributed by atoms with Crippen LogP contribution in [0, 0.1) is 5.41 Å². The third kappa shape index (κ3) is 4.82. The van der Waals surface area contributed by atoms with Gasteiger partial charge >= 0.3 is 0 Å². The van der Waals surface area contributed by atoms with Gasteiger partial charge in [0, 0.05) is 39.6 Å². The fourth-order valence-electron chi connectivity index (χ4n) is 3.73. The number of carbonyl (C=O) groups is 1. The first-order chi connectivity index (χ1) is 15.8. The van der Waals surface area contributed by atoms with E-state index in [0.29, 0.717) is 40.2 Å². The van der Waals surface area contributed by atoms with E-state index in [1.165, 1.54) is 0 Å². The Bertz CT molecular complexity index is 1320. The Morgan fingerprint density at radius 3 is 2.48 bits per heavy atom. The first kappa shape index (κ1) is 23.1. The van der Waals surface area contributed by atoms with E-state index in [4.69, 9.17) is 32.6 Å². The van der Waals surface area contributed by atoms with Crippen molar-refractivity contribution in [3.8, 4) is 22.4 Å². The molecule has 0 aliphatic carbocycles. The zero-order valence-electron chi connectivity index (χ0n) is 18.5. The van der Waals surface area contributed by atoms with Gasteiger partial charge in [-0.2, -0.15) is 0 Å². The maximum atomic E-state index is 11.6. The minimum atomic E-state index is -0.580. The highest BCUT2D eigenvalue weighted by Crippen LogP contribution is 2.41. The van der Waals surface area contributed by atoms with E-state index in [9.17, 15) is 4.79 Å². The van der Waals surface area contributed by atoms with Gasteiger partial charge in [0.25, 0.3) is 0 Å². The highest BCUT2D eigenvalue weighted by molar-refractivity contribution is 6.33. The van der Waals surface area contributed by atoms with Crippen LogP contribution in [0.1, 0.15) is 19.6 Å². The van der Waals surface area contributed by atoms with Gasteiger partial charge in [-0.1, -0.05) is 73.5 Å². The molecule has 0 atom stereocenters. The Morgan fingerprint density at radius 2 is 1.82 bits per heavy atom. The van der Waals surface area contributed by atoms with Gasteiger partial charge in [-0.15, -0.1) is 6.58 Å². The van der Waals surface area contributed by atoms with Crippen molar-refractivity contribution in [2.75, 3.05) is 11.9 Å². The molecule has 0 aliphatic heterocycles. The summed E-state index contributed by atoms with van der Waals surface area (Å²) in [6.07, 6.45) is 3.16. The summed E-state index contributed by atoms with van der Waals surface area (Å²) >= 11 is 12.7. The SMILES string of the molecule is C=CCNc1c(CC(C)(C)C=O)oc2nc(-c3ccccc3Cl)c(-c3ccc(Cl)cc3)cc12. The van der Waals surface area contributed by atoms with E-state index in [-0.39, 0.29) is 0 Å². The van der Waals surface area contributed by atoms with Gasteiger partial charge in [-0.25, -0.2) is 4.98 Å². The van der Waals surface area contributed by atoms with Crippen molar-refractivity contribution in [2.24, 2.45) is 5.41 Å². The van der Waals surface area contributed by atoms with Crippen molar-refractivity contribution >= 4 is 46.3 Å². The topological polar surface area (TPSA) is 55.1 Å². The van der Waals surface area contributed by atoms with Crippen LogP contribution in [0.4, 0.5) is 5.69 Å². The molecule has 0 aliphatic rings. The molecule has 0 amide bonds. The van der Waals surface area contributed by atoms with Crippen LogP contribution in [0.2, 0.25) is 10.0 Å². The maximum absolute atomic E-state index is 11.6. The molecule has 0 spiro atoms. The van der Waals surface area contributed by atoms with Crippen LogP contribution in [0.5, 0.6) is 0 Å². The number of anilines is 1. The van der Waals surface area contributed by atoms with Gasteiger partial charge in [0.15, 0.2) is 0 Å². The van der Waals surface area contributed by atoms with Crippen LogP contribution >= 0.6 is 23.2 Å². The molecule has 6 heteroatoms. The van der Waals surface area contributed by atoms with Crippen LogP contribution < -0.4 is 5.32 Å². The first-order valence-electron chi connectivity index (χ1n) is 10.6. The quantitative estimate of drug-likeness (QED) is 0.207. The molecule has 1 N–H and O–H groups in total. The number of pyridine rings is 1. The highest BCUT2D eigenvalue weighted by atomic mass is 35.5. The summed E-state index contributed by atoms with van der Waals surface area (Å²) in [6.45, 7) is 8.12. The zero-order chi connectivity index (χ0) is 23.6. The van der Waals surface area contributed by atoms with Gasteiger partial charge < -0.3 is 14.5 Å². The normalized spacial score (nSPS) is 11.5. The van der Waals surface area contributed by atoms with Crippen molar-refractivity contribution in [2.45, 2.75) is 20.3 Å². The van der Waals surface area contributed by atoms with Crippen LogP contribution in [-0.2, 0) is 11.2 Å². The second-order valence-electron chi connectivity index (χ2n) is 8.58. The Morgan fingerprint density at radius 1 is 1.09 bits per heavy atom. The number of furan rings is 1. The van der Waals surface area contributed by atoms with Crippen LogP contribution in [0.15, 0.2) is 71.7 Å². The minimum absolute atomic E-state index is 0.435. The van der Waals surface area contributed by atoms with Crippen LogP contribution in [-0.4, -0.2) is 17.8 Å². The van der Waals surface area contributed by atoms with E-state index in [2.05, 4.69) is 18.0 Å². The van der Waals surface area contributed by atoms with E-state index in [1.54, 1.807) is 6.08 Å². The van der Waals surface area contributed by atoms with Gasteiger partial charge in [-0.05, 0) is 29.8 Å². The molecular formula is C27H24Cl2N2O2. The molecule has 4 aromatic rings. The Labute approximate surface area is 203 Å².